The van der Waals surface area contributed by atoms with E-state index in [1.807, 2.05) is 54.7 Å². The smallest absolute Gasteiger partial charge is 0.308 e. The Morgan fingerprint density at radius 2 is 1.36 bits per heavy atom. The molecule has 0 saturated carbocycles. The molecule has 124 valence electrons. The van der Waals surface area contributed by atoms with Crippen molar-refractivity contribution in [2.24, 2.45) is 4.99 Å². The molecule has 0 heterocycles. The lowest BCUT2D eigenvalue weighted by Gasteiger charge is -2.13. The van der Waals surface area contributed by atoms with E-state index in [-0.39, 0.29) is 12.0 Å². The lowest BCUT2D eigenvalue weighted by Crippen LogP contribution is -2.01. The van der Waals surface area contributed by atoms with Gasteiger partial charge in [-0.05, 0) is 41.0 Å². The molecule has 0 aromatic heterocycles. The summed E-state index contributed by atoms with van der Waals surface area (Å²) < 4.78 is 5.05. The predicted molar refractivity (Wildman–Crippen MR) is 100 cm³/mol. The Kier molecular flexibility index (Phi) is 5.37. The zero-order valence-electron chi connectivity index (χ0n) is 14.0. The number of benzene rings is 3. The summed E-state index contributed by atoms with van der Waals surface area (Å²) in [5.74, 6) is 0.210. The summed E-state index contributed by atoms with van der Waals surface area (Å²) >= 11 is 0. The highest BCUT2D eigenvalue weighted by atomic mass is 16.5. The Labute approximate surface area is 147 Å². The van der Waals surface area contributed by atoms with Gasteiger partial charge >= 0.3 is 5.97 Å². The maximum absolute atomic E-state index is 11.0. The summed E-state index contributed by atoms with van der Waals surface area (Å²) in [5, 5.41) is 0. The van der Waals surface area contributed by atoms with Crippen molar-refractivity contribution in [2.75, 3.05) is 0 Å². The molecule has 0 fully saturated rings. The van der Waals surface area contributed by atoms with Crippen LogP contribution in [0.3, 0.4) is 0 Å². The van der Waals surface area contributed by atoms with Crippen molar-refractivity contribution < 1.29 is 9.53 Å². The molecule has 0 radical (unpaired) electrons. The highest BCUT2D eigenvalue weighted by molar-refractivity contribution is 5.80. The first kappa shape index (κ1) is 16.7. The number of aliphatic imine (C=N–C) groups is 1. The highest BCUT2D eigenvalue weighted by Gasteiger charge is 2.11. The van der Waals surface area contributed by atoms with Crippen molar-refractivity contribution in [1.82, 2.24) is 0 Å². The first-order valence-electron chi connectivity index (χ1n) is 8.14. The van der Waals surface area contributed by atoms with Crippen molar-refractivity contribution >= 4 is 12.2 Å². The molecule has 0 spiro atoms. The van der Waals surface area contributed by atoms with E-state index in [4.69, 9.17) is 9.73 Å². The number of carbonyl (C=O) groups is 1. The van der Waals surface area contributed by atoms with E-state index in [2.05, 4.69) is 24.3 Å². The van der Waals surface area contributed by atoms with Crippen LogP contribution in [0.25, 0.3) is 0 Å². The van der Waals surface area contributed by atoms with E-state index in [9.17, 15) is 4.79 Å². The largest absolute Gasteiger partial charge is 0.427 e. The zero-order chi connectivity index (χ0) is 17.5. The van der Waals surface area contributed by atoms with E-state index in [1.165, 1.54) is 6.92 Å². The molecule has 0 amide bonds. The van der Waals surface area contributed by atoms with E-state index in [0.717, 1.165) is 16.7 Å². The number of esters is 1. The molecule has 3 heteroatoms. The minimum atomic E-state index is -0.324. The number of hydrogen-bond acceptors (Lipinski definition) is 3. The number of ether oxygens (including phenoxy) is 1. The molecular weight excluding hydrogens is 310 g/mol. The second-order valence-corrected chi connectivity index (χ2v) is 5.66. The molecule has 25 heavy (non-hydrogen) atoms. The molecule has 0 saturated heterocycles. The van der Waals surface area contributed by atoms with Gasteiger partial charge in [0.2, 0.25) is 0 Å². The fourth-order valence-electron chi connectivity index (χ4n) is 2.58. The van der Waals surface area contributed by atoms with Gasteiger partial charge in [0.05, 0.1) is 6.04 Å². The van der Waals surface area contributed by atoms with Crippen LogP contribution in [0.5, 0.6) is 5.75 Å². The van der Waals surface area contributed by atoms with Crippen LogP contribution >= 0.6 is 0 Å². The first-order chi connectivity index (χ1) is 12.2. The van der Waals surface area contributed by atoms with Gasteiger partial charge < -0.3 is 4.74 Å². The molecule has 0 aliphatic heterocycles. The third-order valence-corrected chi connectivity index (χ3v) is 3.74. The lowest BCUT2D eigenvalue weighted by molar-refractivity contribution is -0.131. The van der Waals surface area contributed by atoms with Crippen LogP contribution < -0.4 is 4.74 Å². The molecule has 0 bridgehead atoms. The Morgan fingerprint density at radius 3 is 1.84 bits per heavy atom. The Balaban J connectivity index is 1.85. The van der Waals surface area contributed by atoms with Crippen LogP contribution in [-0.4, -0.2) is 12.2 Å². The van der Waals surface area contributed by atoms with Gasteiger partial charge in [-0.3, -0.25) is 9.79 Å². The Morgan fingerprint density at radius 1 is 0.840 bits per heavy atom. The summed E-state index contributed by atoms with van der Waals surface area (Å²) in [5.41, 5.74) is 3.23. The number of hydrogen-bond donors (Lipinski definition) is 0. The highest BCUT2D eigenvalue weighted by Crippen LogP contribution is 2.25. The fraction of sp³-hybridized carbons (Fsp3) is 0.0909. The van der Waals surface area contributed by atoms with Gasteiger partial charge in [-0.25, -0.2) is 0 Å². The van der Waals surface area contributed by atoms with E-state index in [0.29, 0.717) is 5.75 Å². The monoisotopic (exact) mass is 329 g/mol. The normalized spacial score (nSPS) is 11.0. The van der Waals surface area contributed by atoms with Crippen LogP contribution in [-0.2, 0) is 4.79 Å². The van der Waals surface area contributed by atoms with E-state index >= 15 is 0 Å². The predicted octanol–water partition coefficient (Wildman–Crippen LogP) is 4.82. The third-order valence-electron chi connectivity index (χ3n) is 3.74. The number of rotatable bonds is 5. The summed E-state index contributed by atoms with van der Waals surface area (Å²) in [7, 11) is 0. The van der Waals surface area contributed by atoms with Gasteiger partial charge in [0.1, 0.15) is 5.75 Å². The summed E-state index contributed by atoms with van der Waals surface area (Å²) in [6.45, 7) is 1.39. The van der Waals surface area contributed by atoms with Crippen molar-refractivity contribution in [3.63, 3.8) is 0 Å². The van der Waals surface area contributed by atoms with Gasteiger partial charge in [0.15, 0.2) is 0 Å². The SMILES string of the molecule is CC(=O)Oc1ccc(/C=N/C(c2ccccc2)c2ccccc2)cc1. The molecule has 0 aliphatic carbocycles. The van der Waals surface area contributed by atoms with Gasteiger partial charge in [0.25, 0.3) is 0 Å². The molecule has 3 rings (SSSR count). The Hall–Kier alpha value is -3.20. The van der Waals surface area contributed by atoms with Crippen LogP contribution in [0.1, 0.15) is 29.7 Å². The lowest BCUT2D eigenvalue weighted by atomic mass is 9.99. The quantitative estimate of drug-likeness (QED) is 0.382. The molecule has 3 aromatic rings. The zero-order valence-corrected chi connectivity index (χ0v) is 14.0. The summed E-state index contributed by atoms with van der Waals surface area (Å²) in [6, 6.07) is 27.7. The maximum Gasteiger partial charge on any atom is 0.308 e. The van der Waals surface area contributed by atoms with Crippen LogP contribution in [0.4, 0.5) is 0 Å². The van der Waals surface area contributed by atoms with Crippen molar-refractivity contribution in [1.29, 1.82) is 0 Å². The maximum atomic E-state index is 11.0. The number of carbonyl (C=O) groups excluding carboxylic acids is 1. The first-order valence-corrected chi connectivity index (χ1v) is 8.14. The standard InChI is InChI=1S/C22H19NO2/c1-17(24)25-21-14-12-18(13-15-21)16-23-22(19-8-4-2-5-9-19)20-10-6-3-7-11-20/h2-16,22H,1H3/b23-16+. The van der Waals surface area contributed by atoms with Crippen LogP contribution in [0, 0.1) is 0 Å². The number of nitrogens with zero attached hydrogens (tertiary/aromatic N) is 1. The average molecular weight is 329 g/mol. The molecule has 0 atom stereocenters. The average Bonchev–Trinajstić information content (AvgIpc) is 2.65. The molecule has 0 unspecified atom stereocenters. The van der Waals surface area contributed by atoms with E-state index < -0.39 is 0 Å². The Bertz CT molecular complexity index is 801. The van der Waals surface area contributed by atoms with Crippen molar-refractivity contribution in [3.05, 3.63) is 102 Å². The second kappa shape index (κ2) is 8.06. The van der Waals surface area contributed by atoms with Gasteiger partial charge in [-0.15, -0.1) is 0 Å². The van der Waals surface area contributed by atoms with Gasteiger partial charge in [0, 0.05) is 13.1 Å². The summed E-state index contributed by atoms with van der Waals surface area (Å²) in [4.78, 5) is 15.8. The van der Waals surface area contributed by atoms with Crippen molar-refractivity contribution in [2.45, 2.75) is 13.0 Å². The molecule has 3 nitrogen and oxygen atoms in total. The minimum Gasteiger partial charge on any atom is -0.427 e. The second-order valence-electron chi connectivity index (χ2n) is 5.66. The topological polar surface area (TPSA) is 38.7 Å². The van der Waals surface area contributed by atoms with Crippen LogP contribution in [0.15, 0.2) is 89.9 Å². The molecule has 3 aromatic carbocycles. The van der Waals surface area contributed by atoms with E-state index in [1.54, 1.807) is 12.1 Å². The summed E-state index contributed by atoms with van der Waals surface area (Å²) in [6.07, 6.45) is 1.85. The van der Waals surface area contributed by atoms with Crippen molar-refractivity contribution in [3.8, 4) is 5.75 Å². The molecular formula is C22H19NO2. The molecule has 0 N–H and O–H groups in total. The van der Waals surface area contributed by atoms with Gasteiger partial charge in [-0.1, -0.05) is 60.7 Å². The fourth-order valence-corrected chi connectivity index (χ4v) is 2.58. The van der Waals surface area contributed by atoms with Gasteiger partial charge in [-0.2, -0.15) is 0 Å². The van der Waals surface area contributed by atoms with Crippen LogP contribution in [0.2, 0.25) is 0 Å². The molecule has 0 aliphatic rings. The third kappa shape index (κ3) is 4.64. The minimum absolute atomic E-state index is 0.0597.